The van der Waals surface area contributed by atoms with Crippen LogP contribution in [0.25, 0.3) is 22.2 Å². The molecular formula is C29H32N2O3. The number of ether oxygens (including phenoxy) is 2. The predicted molar refractivity (Wildman–Crippen MR) is 136 cm³/mol. The lowest BCUT2D eigenvalue weighted by Gasteiger charge is -2.19. The summed E-state index contributed by atoms with van der Waals surface area (Å²) in [6, 6.07) is 24.2. The van der Waals surface area contributed by atoms with E-state index in [1.54, 1.807) is 6.07 Å². The van der Waals surface area contributed by atoms with Gasteiger partial charge >= 0.3 is 6.16 Å². The Kier molecular flexibility index (Phi) is 6.73. The fourth-order valence-electron chi connectivity index (χ4n) is 3.95. The number of benzene rings is 3. The molecule has 0 saturated carbocycles. The summed E-state index contributed by atoms with van der Waals surface area (Å²) in [5.74, 6) is 1.97. The van der Waals surface area contributed by atoms with E-state index in [1.807, 2.05) is 45.0 Å². The number of aromatic nitrogens is 2. The standard InChI is InChI=1S/C29H32N2O3/c1-6-20(2)27-30-24-12-8-9-13-25(24)31(27)19-21-15-17-22(18-16-21)23-11-7-10-14-26(23)33-28(32)34-29(3,4)5/h7-18,20H,6,19H2,1-5H3. The van der Waals surface area contributed by atoms with E-state index in [0.29, 0.717) is 11.7 Å². The molecule has 3 aromatic carbocycles. The van der Waals surface area contributed by atoms with Gasteiger partial charge in [-0.1, -0.05) is 68.4 Å². The highest BCUT2D eigenvalue weighted by atomic mass is 16.7. The van der Waals surface area contributed by atoms with Gasteiger partial charge in [0, 0.05) is 18.0 Å². The molecule has 176 valence electrons. The second-order valence-corrected chi connectivity index (χ2v) is 9.61. The molecule has 0 aliphatic heterocycles. The van der Waals surface area contributed by atoms with E-state index in [9.17, 15) is 4.79 Å². The molecule has 1 unspecified atom stereocenters. The average molecular weight is 457 g/mol. The van der Waals surface area contributed by atoms with Crippen molar-refractivity contribution < 1.29 is 14.3 Å². The Hall–Kier alpha value is -3.60. The van der Waals surface area contributed by atoms with E-state index in [4.69, 9.17) is 14.5 Å². The summed E-state index contributed by atoms with van der Waals surface area (Å²) in [6.45, 7) is 10.6. The molecule has 0 spiro atoms. The van der Waals surface area contributed by atoms with Gasteiger partial charge in [-0.25, -0.2) is 9.78 Å². The van der Waals surface area contributed by atoms with Crippen molar-refractivity contribution in [3.05, 3.63) is 84.2 Å². The van der Waals surface area contributed by atoms with E-state index in [-0.39, 0.29) is 0 Å². The Labute approximate surface area is 201 Å². The molecule has 1 atom stereocenters. The normalized spacial score (nSPS) is 12.5. The van der Waals surface area contributed by atoms with Crippen molar-refractivity contribution in [2.24, 2.45) is 0 Å². The lowest BCUT2D eigenvalue weighted by molar-refractivity contribution is 0.0207. The zero-order valence-electron chi connectivity index (χ0n) is 20.5. The van der Waals surface area contributed by atoms with Gasteiger partial charge in [0.2, 0.25) is 0 Å². The summed E-state index contributed by atoms with van der Waals surface area (Å²) in [6.07, 6.45) is 0.331. The van der Waals surface area contributed by atoms with Gasteiger partial charge in [-0.05, 0) is 56.5 Å². The van der Waals surface area contributed by atoms with Gasteiger partial charge < -0.3 is 14.0 Å². The molecule has 1 heterocycles. The number of rotatable bonds is 6. The molecule has 5 nitrogen and oxygen atoms in total. The Balaban J connectivity index is 1.60. The maximum atomic E-state index is 12.2. The molecule has 0 N–H and O–H groups in total. The van der Waals surface area contributed by atoms with E-state index in [0.717, 1.165) is 41.0 Å². The zero-order chi connectivity index (χ0) is 24.3. The molecule has 0 aliphatic carbocycles. The highest BCUT2D eigenvalue weighted by molar-refractivity contribution is 5.77. The van der Waals surface area contributed by atoms with Crippen molar-refractivity contribution in [2.45, 2.75) is 59.1 Å². The first kappa shape index (κ1) is 23.6. The van der Waals surface area contributed by atoms with E-state index in [1.165, 1.54) is 5.56 Å². The maximum Gasteiger partial charge on any atom is 0.514 e. The van der Waals surface area contributed by atoms with Crippen molar-refractivity contribution in [1.29, 1.82) is 0 Å². The molecule has 0 saturated heterocycles. The summed E-state index contributed by atoms with van der Waals surface area (Å²) in [4.78, 5) is 17.1. The van der Waals surface area contributed by atoms with Gasteiger partial charge in [-0.2, -0.15) is 0 Å². The summed E-state index contributed by atoms with van der Waals surface area (Å²) >= 11 is 0. The second kappa shape index (κ2) is 9.72. The summed E-state index contributed by atoms with van der Waals surface area (Å²) in [5.41, 5.74) is 4.57. The first-order chi connectivity index (χ1) is 16.2. The van der Waals surface area contributed by atoms with E-state index < -0.39 is 11.8 Å². The topological polar surface area (TPSA) is 53.4 Å². The Morgan fingerprint density at radius 1 is 0.971 bits per heavy atom. The monoisotopic (exact) mass is 456 g/mol. The zero-order valence-corrected chi connectivity index (χ0v) is 20.5. The third-order valence-corrected chi connectivity index (χ3v) is 5.81. The molecular weight excluding hydrogens is 424 g/mol. The van der Waals surface area contributed by atoms with Crippen molar-refractivity contribution in [1.82, 2.24) is 9.55 Å². The number of nitrogens with zero attached hydrogens (tertiary/aromatic N) is 2. The van der Waals surface area contributed by atoms with Gasteiger partial charge in [-0.3, -0.25) is 0 Å². The number of imidazole rings is 1. The van der Waals surface area contributed by atoms with Gasteiger partial charge in [0.25, 0.3) is 0 Å². The number of hydrogen-bond acceptors (Lipinski definition) is 4. The highest BCUT2D eigenvalue weighted by Crippen LogP contribution is 2.31. The maximum absolute atomic E-state index is 12.2. The molecule has 5 heteroatoms. The molecule has 0 amide bonds. The van der Waals surface area contributed by atoms with Crippen molar-refractivity contribution in [3.63, 3.8) is 0 Å². The summed E-state index contributed by atoms with van der Waals surface area (Å²) < 4.78 is 13.2. The quantitative estimate of drug-likeness (QED) is 0.222. The number of carbonyl (C=O) groups is 1. The van der Waals surface area contributed by atoms with Crippen LogP contribution in [0.2, 0.25) is 0 Å². The summed E-state index contributed by atoms with van der Waals surface area (Å²) in [5, 5.41) is 0. The Morgan fingerprint density at radius 3 is 2.35 bits per heavy atom. The fraction of sp³-hybridized carbons (Fsp3) is 0.310. The van der Waals surface area contributed by atoms with E-state index in [2.05, 4.69) is 60.9 Å². The molecule has 34 heavy (non-hydrogen) atoms. The van der Waals surface area contributed by atoms with E-state index >= 15 is 0 Å². The Bertz CT molecular complexity index is 1280. The van der Waals surface area contributed by atoms with Crippen LogP contribution in [0.3, 0.4) is 0 Å². The SMILES string of the molecule is CCC(C)c1nc2ccccc2n1Cc1ccc(-c2ccccc2OC(=O)OC(C)(C)C)cc1. The fourth-order valence-corrected chi connectivity index (χ4v) is 3.95. The number of fused-ring (bicyclic) bond motifs is 1. The minimum atomic E-state index is -0.707. The van der Waals surface area contributed by atoms with Gasteiger partial charge in [0.15, 0.2) is 0 Å². The number of carbonyl (C=O) groups excluding carboxylic acids is 1. The molecule has 4 rings (SSSR count). The molecule has 0 fully saturated rings. The smallest absolute Gasteiger partial charge is 0.428 e. The lowest BCUT2D eigenvalue weighted by atomic mass is 10.0. The molecule has 0 aliphatic rings. The third-order valence-electron chi connectivity index (χ3n) is 5.81. The van der Waals surface area contributed by atoms with Crippen LogP contribution in [0, 0.1) is 0 Å². The third kappa shape index (κ3) is 5.30. The molecule has 0 bridgehead atoms. The largest absolute Gasteiger partial charge is 0.514 e. The molecule has 4 aromatic rings. The first-order valence-electron chi connectivity index (χ1n) is 11.8. The van der Waals surface area contributed by atoms with Crippen LogP contribution in [0.5, 0.6) is 5.75 Å². The first-order valence-corrected chi connectivity index (χ1v) is 11.8. The average Bonchev–Trinajstić information content (AvgIpc) is 3.17. The van der Waals surface area contributed by atoms with Crippen molar-refractivity contribution in [2.75, 3.05) is 0 Å². The van der Waals surface area contributed by atoms with Crippen LogP contribution in [-0.2, 0) is 11.3 Å². The van der Waals surface area contributed by atoms with Crippen molar-refractivity contribution in [3.8, 4) is 16.9 Å². The van der Waals surface area contributed by atoms with Crippen molar-refractivity contribution >= 4 is 17.2 Å². The van der Waals surface area contributed by atoms with Crippen LogP contribution in [0.15, 0.2) is 72.8 Å². The minimum absolute atomic E-state index is 0.378. The number of para-hydroxylation sites is 3. The number of hydrogen-bond donors (Lipinski definition) is 0. The highest BCUT2D eigenvalue weighted by Gasteiger charge is 2.20. The lowest BCUT2D eigenvalue weighted by Crippen LogP contribution is -2.26. The van der Waals surface area contributed by atoms with Crippen LogP contribution in [0.1, 0.15) is 58.3 Å². The van der Waals surface area contributed by atoms with Gasteiger partial charge in [0.1, 0.15) is 17.2 Å². The van der Waals surface area contributed by atoms with Gasteiger partial charge in [-0.15, -0.1) is 0 Å². The summed E-state index contributed by atoms with van der Waals surface area (Å²) in [7, 11) is 0. The van der Waals surface area contributed by atoms with Gasteiger partial charge in [0.05, 0.1) is 11.0 Å². The predicted octanol–water partition coefficient (Wildman–Crippen LogP) is 7.58. The molecule has 0 radical (unpaired) electrons. The second-order valence-electron chi connectivity index (χ2n) is 9.61. The van der Waals surface area contributed by atoms with Crippen LogP contribution < -0.4 is 4.74 Å². The molecule has 1 aromatic heterocycles. The Morgan fingerprint density at radius 2 is 1.65 bits per heavy atom. The van der Waals surface area contributed by atoms with Crippen LogP contribution >= 0.6 is 0 Å². The van der Waals surface area contributed by atoms with Crippen LogP contribution in [-0.4, -0.2) is 21.3 Å². The minimum Gasteiger partial charge on any atom is -0.428 e. The van der Waals surface area contributed by atoms with Crippen LogP contribution in [0.4, 0.5) is 4.79 Å².